The molecule has 1 saturated heterocycles. The third kappa shape index (κ3) is 3.61. The van der Waals surface area contributed by atoms with E-state index >= 15 is 0 Å². The van der Waals surface area contributed by atoms with E-state index in [0.717, 1.165) is 0 Å². The van der Waals surface area contributed by atoms with E-state index in [4.69, 9.17) is 11.6 Å². The molecular formula is C14H18ClNO3S. The minimum atomic E-state index is -3.46. The van der Waals surface area contributed by atoms with E-state index in [9.17, 15) is 13.5 Å². The molecule has 1 N–H and O–H groups in total. The van der Waals surface area contributed by atoms with Crippen molar-refractivity contribution < 1.29 is 13.5 Å². The zero-order valence-corrected chi connectivity index (χ0v) is 12.8. The zero-order valence-electron chi connectivity index (χ0n) is 11.2. The molecule has 1 aromatic rings. The number of aliphatic hydroxyl groups is 1. The highest BCUT2D eigenvalue weighted by atomic mass is 35.5. The molecule has 1 heterocycles. The van der Waals surface area contributed by atoms with Gasteiger partial charge in [-0.15, -0.1) is 0 Å². The summed E-state index contributed by atoms with van der Waals surface area (Å²) in [5.74, 6) is 0.0125. The van der Waals surface area contributed by atoms with Gasteiger partial charge >= 0.3 is 0 Å². The Morgan fingerprint density at radius 2 is 2.15 bits per heavy atom. The second kappa shape index (κ2) is 6.26. The van der Waals surface area contributed by atoms with E-state index in [1.165, 1.54) is 15.8 Å². The van der Waals surface area contributed by atoms with Crippen LogP contribution >= 0.6 is 11.6 Å². The van der Waals surface area contributed by atoms with Crippen molar-refractivity contribution in [3.63, 3.8) is 0 Å². The van der Waals surface area contributed by atoms with Gasteiger partial charge in [-0.2, -0.15) is 4.31 Å². The first-order chi connectivity index (χ1) is 9.40. The molecule has 2 rings (SSSR count). The normalized spacial score (nSPS) is 22.4. The number of aliphatic hydroxyl groups excluding tert-OH is 1. The second-order valence-corrected chi connectivity index (χ2v) is 7.24. The molecule has 0 spiro atoms. The van der Waals surface area contributed by atoms with Crippen LogP contribution < -0.4 is 0 Å². The van der Waals surface area contributed by atoms with Gasteiger partial charge in [0.15, 0.2) is 0 Å². The van der Waals surface area contributed by atoms with Gasteiger partial charge in [0.05, 0.1) is 6.10 Å². The second-order valence-electron chi connectivity index (χ2n) is 5.02. The number of nitrogens with zero attached hydrogens (tertiary/aromatic N) is 1. The number of halogens is 1. The lowest BCUT2D eigenvalue weighted by atomic mass is 10.0. The Hall–Kier alpha value is -0.880. The van der Waals surface area contributed by atoms with Crippen molar-refractivity contribution in [2.75, 3.05) is 13.1 Å². The van der Waals surface area contributed by atoms with Crippen LogP contribution in [0.5, 0.6) is 0 Å². The van der Waals surface area contributed by atoms with Crippen LogP contribution in [0.4, 0.5) is 0 Å². The molecule has 2 atom stereocenters. The van der Waals surface area contributed by atoms with Crippen molar-refractivity contribution >= 4 is 27.7 Å². The van der Waals surface area contributed by atoms with Gasteiger partial charge in [0, 0.05) is 23.5 Å². The molecule has 1 aliphatic rings. The van der Waals surface area contributed by atoms with Gasteiger partial charge < -0.3 is 5.11 Å². The Kier molecular flexibility index (Phi) is 4.86. The maximum Gasteiger partial charge on any atom is 0.236 e. The lowest BCUT2D eigenvalue weighted by Crippen LogP contribution is -2.28. The summed E-state index contributed by atoms with van der Waals surface area (Å²) < 4.78 is 25.8. The van der Waals surface area contributed by atoms with Gasteiger partial charge in [-0.25, -0.2) is 8.42 Å². The molecule has 0 aromatic heterocycles. The molecule has 2 unspecified atom stereocenters. The van der Waals surface area contributed by atoms with E-state index in [-0.39, 0.29) is 5.92 Å². The molecule has 0 radical (unpaired) electrons. The SMILES string of the molecule is CC(O)C1CCN(S(=O)(=O)/C=C/c2ccccc2Cl)C1. The number of sulfonamides is 1. The van der Waals surface area contributed by atoms with Crippen molar-refractivity contribution in [2.24, 2.45) is 5.92 Å². The maximum absolute atomic E-state index is 12.2. The van der Waals surface area contributed by atoms with Crippen LogP contribution in [-0.4, -0.2) is 37.0 Å². The molecule has 0 amide bonds. The van der Waals surface area contributed by atoms with Crippen LogP contribution in [-0.2, 0) is 10.0 Å². The molecule has 0 bridgehead atoms. The zero-order chi connectivity index (χ0) is 14.8. The molecular weight excluding hydrogens is 298 g/mol. The Morgan fingerprint density at radius 3 is 2.75 bits per heavy atom. The number of hydrogen-bond acceptors (Lipinski definition) is 3. The average Bonchev–Trinajstić information content (AvgIpc) is 2.88. The Labute approximate surface area is 124 Å². The molecule has 1 fully saturated rings. The summed E-state index contributed by atoms with van der Waals surface area (Å²) in [5.41, 5.74) is 0.670. The number of benzene rings is 1. The van der Waals surface area contributed by atoms with Gasteiger partial charge in [-0.05, 0) is 37.0 Å². The lowest BCUT2D eigenvalue weighted by molar-refractivity contribution is 0.133. The first kappa shape index (κ1) is 15.5. The van der Waals surface area contributed by atoms with Gasteiger partial charge in [0.2, 0.25) is 10.0 Å². The lowest BCUT2D eigenvalue weighted by Gasteiger charge is -2.15. The molecule has 1 aliphatic heterocycles. The molecule has 0 saturated carbocycles. The van der Waals surface area contributed by atoms with Crippen molar-refractivity contribution in [1.29, 1.82) is 0 Å². The minimum absolute atomic E-state index is 0.0125. The van der Waals surface area contributed by atoms with Crippen LogP contribution in [0.3, 0.4) is 0 Å². The average molecular weight is 316 g/mol. The summed E-state index contributed by atoms with van der Waals surface area (Å²) in [5, 5.41) is 11.2. The summed E-state index contributed by atoms with van der Waals surface area (Å²) >= 11 is 5.98. The molecule has 6 heteroatoms. The summed E-state index contributed by atoms with van der Waals surface area (Å²) in [7, 11) is -3.46. The summed E-state index contributed by atoms with van der Waals surface area (Å²) in [6, 6.07) is 7.07. The van der Waals surface area contributed by atoms with Crippen LogP contribution in [0.2, 0.25) is 5.02 Å². The Morgan fingerprint density at radius 1 is 1.45 bits per heavy atom. The van der Waals surface area contributed by atoms with Crippen LogP contribution in [0.1, 0.15) is 18.9 Å². The third-order valence-corrected chi connectivity index (χ3v) is 5.43. The highest BCUT2D eigenvalue weighted by Gasteiger charge is 2.32. The fraction of sp³-hybridized carbons (Fsp3) is 0.429. The standard InChI is InChI=1S/C14H18ClNO3S/c1-11(17)13-6-8-16(10-13)20(18,19)9-7-12-4-2-3-5-14(12)15/h2-5,7,9,11,13,17H,6,8,10H2,1H3/b9-7+. The first-order valence-corrected chi connectivity index (χ1v) is 8.39. The van der Waals surface area contributed by atoms with Gasteiger partial charge in [-0.1, -0.05) is 29.8 Å². The van der Waals surface area contributed by atoms with Crippen molar-refractivity contribution in [3.05, 3.63) is 40.3 Å². The van der Waals surface area contributed by atoms with Crippen LogP contribution in [0.15, 0.2) is 29.7 Å². The first-order valence-electron chi connectivity index (χ1n) is 6.51. The van der Waals surface area contributed by atoms with Crippen molar-refractivity contribution in [2.45, 2.75) is 19.4 Å². The van der Waals surface area contributed by atoms with Crippen LogP contribution in [0.25, 0.3) is 6.08 Å². The fourth-order valence-electron chi connectivity index (χ4n) is 2.23. The van der Waals surface area contributed by atoms with Gasteiger partial charge in [0.1, 0.15) is 0 Å². The molecule has 20 heavy (non-hydrogen) atoms. The topological polar surface area (TPSA) is 57.6 Å². The van der Waals surface area contributed by atoms with Crippen molar-refractivity contribution in [1.82, 2.24) is 4.31 Å². The van der Waals surface area contributed by atoms with E-state index in [1.54, 1.807) is 31.2 Å². The van der Waals surface area contributed by atoms with Crippen LogP contribution in [0, 0.1) is 5.92 Å². The predicted octanol–water partition coefficient (Wildman–Crippen LogP) is 2.34. The smallest absolute Gasteiger partial charge is 0.236 e. The highest BCUT2D eigenvalue weighted by Crippen LogP contribution is 2.24. The quantitative estimate of drug-likeness (QED) is 0.928. The molecule has 4 nitrogen and oxygen atoms in total. The molecule has 110 valence electrons. The Bertz CT molecular complexity index is 598. The predicted molar refractivity (Wildman–Crippen MR) is 80.8 cm³/mol. The summed E-state index contributed by atoms with van der Waals surface area (Å²) in [4.78, 5) is 0. The van der Waals surface area contributed by atoms with Gasteiger partial charge in [0.25, 0.3) is 0 Å². The largest absolute Gasteiger partial charge is 0.393 e. The minimum Gasteiger partial charge on any atom is -0.393 e. The monoisotopic (exact) mass is 315 g/mol. The molecule has 0 aliphatic carbocycles. The molecule has 1 aromatic carbocycles. The number of rotatable bonds is 4. The van der Waals surface area contributed by atoms with E-state index in [1.807, 2.05) is 0 Å². The Balaban J connectivity index is 2.11. The summed E-state index contributed by atoms with van der Waals surface area (Å²) in [6.07, 6.45) is 1.72. The fourth-order valence-corrected chi connectivity index (χ4v) is 3.68. The van der Waals surface area contributed by atoms with E-state index in [2.05, 4.69) is 0 Å². The van der Waals surface area contributed by atoms with Crippen molar-refractivity contribution in [3.8, 4) is 0 Å². The van der Waals surface area contributed by atoms with E-state index < -0.39 is 16.1 Å². The third-order valence-electron chi connectivity index (χ3n) is 3.55. The van der Waals surface area contributed by atoms with Gasteiger partial charge in [-0.3, -0.25) is 0 Å². The van der Waals surface area contributed by atoms with E-state index in [0.29, 0.717) is 30.1 Å². The number of hydrogen-bond donors (Lipinski definition) is 1. The maximum atomic E-state index is 12.2. The highest BCUT2D eigenvalue weighted by molar-refractivity contribution is 7.92. The summed E-state index contributed by atoms with van der Waals surface area (Å²) in [6.45, 7) is 2.51.